The van der Waals surface area contributed by atoms with Crippen LogP contribution in [0.4, 0.5) is 0 Å². The number of fused-ring (bicyclic) bond motifs is 1. The maximum absolute atomic E-state index is 10.8. The van der Waals surface area contributed by atoms with Crippen LogP contribution >= 0.6 is 0 Å². The van der Waals surface area contributed by atoms with Crippen molar-refractivity contribution in [1.29, 1.82) is 0 Å². The minimum atomic E-state index is -0.878. The molecule has 0 aliphatic carbocycles. The Morgan fingerprint density at radius 2 is 1.53 bits per heavy atom. The largest absolute Gasteiger partial charge is 0.478 e. The van der Waals surface area contributed by atoms with Gasteiger partial charge in [-0.1, -0.05) is 36.4 Å². The minimum absolute atomic E-state index is 0. The summed E-state index contributed by atoms with van der Waals surface area (Å²) in [5, 5.41) is 10.6. The van der Waals surface area contributed by atoms with Gasteiger partial charge in [0.25, 0.3) is 0 Å². The maximum atomic E-state index is 10.8. The Hall–Kier alpha value is -0.791. The van der Waals surface area contributed by atoms with Gasteiger partial charge in [0, 0.05) is 34.1 Å². The number of hydrogen-bond acceptors (Lipinski definition) is 1. The van der Waals surface area contributed by atoms with Crippen molar-refractivity contribution in [2.24, 2.45) is 0 Å². The summed E-state index contributed by atoms with van der Waals surface area (Å²) in [6, 6.07) is 12.7. The van der Waals surface area contributed by atoms with Gasteiger partial charge in [0.2, 0.25) is 0 Å². The average Bonchev–Trinajstić information content (AvgIpc) is 2.17. The molecule has 2 aromatic rings. The van der Waals surface area contributed by atoms with Crippen LogP contribution in [0.25, 0.3) is 10.8 Å². The van der Waals surface area contributed by atoms with Gasteiger partial charge in [-0.3, -0.25) is 0 Å². The van der Waals surface area contributed by atoms with Crippen LogP contribution in [0, 0.1) is 0 Å². The molecule has 1 N–H and O–H groups in total. The molecular weight excluding hydrogens is 291 g/mol. The molecule has 0 heterocycles. The molecule has 2 nitrogen and oxygen atoms in total. The second kappa shape index (κ2) is 5.94. The summed E-state index contributed by atoms with van der Waals surface area (Å²) in [4.78, 5) is 10.8. The number of hydrogen-bond donors (Lipinski definition) is 1. The van der Waals surface area contributed by atoms with Crippen molar-refractivity contribution in [2.45, 2.75) is 0 Å². The smallest absolute Gasteiger partial charge is 0.336 e. The van der Waals surface area contributed by atoms with Crippen molar-refractivity contribution in [3.8, 4) is 0 Å². The number of rotatable bonds is 1. The first-order chi connectivity index (χ1) is 6.29. The molecule has 15 heavy (non-hydrogen) atoms. The van der Waals surface area contributed by atoms with Crippen LogP contribution in [-0.2, 0) is 34.1 Å². The fourth-order valence-corrected chi connectivity index (χ4v) is 1.41. The predicted octanol–water partition coefficient (Wildman–Crippen LogP) is 2.53. The number of carboxylic acids is 1. The fourth-order valence-electron chi connectivity index (χ4n) is 1.41. The summed E-state index contributed by atoms with van der Waals surface area (Å²) in [5.41, 5.74) is 0.359. The molecule has 0 atom stereocenters. The van der Waals surface area contributed by atoms with Gasteiger partial charge in [0.1, 0.15) is 0 Å². The molecule has 2 radical (unpaired) electrons. The molecular formula is C11H8Cu2O2. The van der Waals surface area contributed by atoms with Crippen LogP contribution in [0.5, 0.6) is 0 Å². The van der Waals surface area contributed by atoms with Crippen molar-refractivity contribution in [3.05, 3.63) is 48.0 Å². The van der Waals surface area contributed by atoms with E-state index < -0.39 is 5.97 Å². The Labute approximate surface area is 109 Å². The van der Waals surface area contributed by atoms with Gasteiger partial charge in [-0.25, -0.2) is 4.79 Å². The van der Waals surface area contributed by atoms with Crippen LogP contribution < -0.4 is 0 Å². The first kappa shape index (κ1) is 14.2. The zero-order chi connectivity index (χ0) is 9.26. The third-order valence-corrected chi connectivity index (χ3v) is 2.02. The molecule has 0 saturated heterocycles. The topological polar surface area (TPSA) is 37.3 Å². The molecule has 4 heteroatoms. The SMILES string of the molecule is O=C(O)c1cccc2ccccc12.[Cu].[Cu]. The van der Waals surface area contributed by atoms with Crippen molar-refractivity contribution in [3.63, 3.8) is 0 Å². The maximum Gasteiger partial charge on any atom is 0.336 e. The summed E-state index contributed by atoms with van der Waals surface area (Å²) in [6.45, 7) is 0. The van der Waals surface area contributed by atoms with Crippen molar-refractivity contribution in [2.75, 3.05) is 0 Å². The van der Waals surface area contributed by atoms with Crippen LogP contribution in [0.1, 0.15) is 10.4 Å². The van der Waals surface area contributed by atoms with Gasteiger partial charge in [-0.05, 0) is 16.8 Å². The fraction of sp³-hybridized carbons (Fsp3) is 0. The zero-order valence-corrected chi connectivity index (χ0v) is 9.38. The van der Waals surface area contributed by atoms with Crippen LogP contribution in [0.2, 0.25) is 0 Å². The van der Waals surface area contributed by atoms with E-state index >= 15 is 0 Å². The Morgan fingerprint density at radius 3 is 2.20 bits per heavy atom. The predicted molar refractivity (Wildman–Crippen MR) is 50.9 cm³/mol. The van der Waals surface area contributed by atoms with Gasteiger partial charge < -0.3 is 5.11 Å². The van der Waals surface area contributed by atoms with Crippen molar-refractivity contribution < 1.29 is 44.0 Å². The van der Waals surface area contributed by atoms with Crippen molar-refractivity contribution in [1.82, 2.24) is 0 Å². The van der Waals surface area contributed by atoms with E-state index in [0.717, 1.165) is 10.8 Å². The molecule has 0 aromatic heterocycles. The Kier molecular flexibility index (Phi) is 5.63. The molecule has 86 valence electrons. The van der Waals surface area contributed by atoms with E-state index in [1.807, 2.05) is 30.3 Å². The number of carbonyl (C=O) groups is 1. The van der Waals surface area contributed by atoms with E-state index in [1.54, 1.807) is 12.1 Å². The Bertz CT molecular complexity index is 464. The standard InChI is InChI=1S/C11H8O2.2Cu/c12-11(13)10-7-3-5-8-4-1-2-6-9(8)10;;/h1-7H,(H,12,13);;. The van der Waals surface area contributed by atoms with E-state index in [4.69, 9.17) is 5.11 Å². The molecule has 2 aromatic carbocycles. The van der Waals surface area contributed by atoms with Gasteiger partial charge in [0.15, 0.2) is 0 Å². The van der Waals surface area contributed by atoms with E-state index in [0.29, 0.717) is 5.56 Å². The average molecular weight is 299 g/mol. The van der Waals surface area contributed by atoms with E-state index in [2.05, 4.69) is 0 Å². The van der Waals surface area contributed by atoms with Crippen LogP contribution in [0.15, 0.2) is 42.5 Å². The van der Waals surface area contributed by atoms with Gasteiger partial charge >= 0.3 is 5.97 Å². The van der Waals surface area contributed by atoms with Gasteiger partial charge in [-0.15, -0.1) is 0 Å². The molecule has 2 rings (SSSR count). The Morgan fingerprint density at radius 1 is 0.933 bits per heavy atom. The number of benzene rings is 2. The summed E-state index contributed by atoms with van der Waals surface area (Å²) in [6.07, 6.45) is 0. The molecule has 0 spiro atoms. The second-order valence-corrected chi connectivity index (χ2v) is 2.83. The van der Waals surface area contributed by atoms with E-state index in [-0.39, 0.29) is 34.1 Å². The van der Waals surface area contributed by atoms with Crippen molar-refractivity contribution >= 4 is 16.7 Å². The molecule has 0 fully saturated rings. The summed E-state index contributed by atoms with van der Waals surface area (Å²) in [7, 11) is 0. The normalized spacial score (nSPS) is 8.80. The van der Waals surface area contributed by atoms with Crippen LogP contribution in [0.3, 0.4) is 0 Å². The van der Waals surface area contributed by atoms with Gasteiger partial charge in [0.05, 0.1) is 5.56 Å². The summed E-state index contributed by atoms with van der Waals surface area (Å²) >= 11 is 0. The summed E-state index contributed by atoms with van der Waals surface area (Å²) in [5.74, 6) is -0.878. The third kappa shape index (κ3) is 2.83. The first-order valence-corrected chi connectivity index (χ1v) is 4.00. The minimum Gasteiger partial charge on any atom is -0.478 e. The molecule has 0 amide bonds. The molecule has 0 unspecified atom stereocenters. The number of carboxylic acid groups (broad SMARTS) is 1. The number of aromatic carboxylic acids is 1. The molecule has 0 saturated carbocycles. The summed E-state index contributed by atoms with van der Waals surface area (Å²) < 4.78 is 0. The molecule has 0 aliphatic heterocycles. The van der Waals surface area contributed by atoms with Gasteiger partial charge in [-0.2, -0.15) is 0 Å². The molecule has 0 bridgehead atoms. The zero-order valence-electron chi connectivity index (χ0n) is 7.50. The van der Waals surface area contributed by atoms with E-state index in [1.165, 1.54) is 0 Å². The monoisotopic (exact) mass is 298 g/mol. The quantitative estimate of drug-likeness (QED) is 0.822. The van der Waals surface area contributed by atoms with Crippen LogP contribution in [-0.4, -0.2) is 11.1 Å². The first-order valence-electron chi connectivity index (χ1n) is 4.00. The molecule has 0 aliphatic rings. The Balaban J connectivity index is 0.000000980. The van der Waals surface area contributed by atoms with E-state index in [9.17, 15) is 4.79 Å². The second-order valence-electron chi connectivity index (χ2n) is 2.83. The third-order valence-electron chi connectivity index (χ3n) is 2.02.